The smallest absolute Gasteiger partial charge is 0.356 e. The number of nitrogens with zero attached hydrogens (tertiary/aromatic N) is 3. The molecule has 2 N–H and O–H groups in total. The summed E-state index contributed by atoms with van der Waals surface area (Å²) in [7, 11) is 0. The van der Waals surface area contributed by atoms with Crippen LogP contribution in [0.4, 0.5) is 13.2 Å². The number of rotatable bonds is 11. The molecule has 1 aromatic heterocycles. The second-order valence-corrected chi connectivity index (χ2v) is 7.85. The van der Waals surface area contributed by atoms with Gasteiger partial charge in [0.1, 0.15) is 6.61 Å². The first-order chi connectivity index (χ1) is 15.5. The molecule has 3 amide bonds. The van der Waals surface area contributed by atoms with Crippen molar-refractivity contribution in [2.45, 2.75) is 45.5 Å². The van der Waals surface area contributed by atoms with E-state index in [1.165, 1.54) is 0 Å². The molecular weight excluding hydrogens is 451 g/mol. The molecule has 14 heteroatoms. The summed E-state index contributed by atoms with van der Waals surface area (Å²) in [6.45, 7) is 2.65. The lowest BCUT2D eigenvalue weighted by Crippen LogP contribution is -2.47. The van der Waals surface area contributed by atoms with Crippen molar-refractivity contribution in [3.63, 3.8) is 0 Å². The molecule has 1 aromatic rings. The first kappa shape index (κ1) is 26.1. The third-order valence-electron chi connectivity index (χ3n) is 4.75. The number of amides is 3. The quantitative estimate of drug-likeness (QED) is 0.451. The molecular formula is C19H24F3N5O6. The van der Waals surface area contributed by atoms with E-state index in [1.54, 1.807) is 13.8 Å². The number of hydrogen-bond donors (Lipinski definition) is 2. The number of ether oxygens (including phenoxy) is 1. The first-order valence-electron chi connectivity index (χ1n) is 10.1. The van der Waals surface area contributed by atoms with Crippen LogP contribution in [-0.4, -0.2) is 65.4 Å². The van der Waals surface area contributed by atoms with E-state index in [-0.39, 0.29) is 30.5 Å². The number of carbonyl (C=O) groups excluding carboxylic acids is 4. The molecule has 2 rings (SSSR count). The monoisotopic (exact) mass is 475 g/mol. The van der Waals surface area contributed by atoms with Crippen LogP contribution in [0, 0.1) is 17.8 Å². The highest BCUT2D eigenvalue weighted by molar-refractivity contribution is 6.02. The minimum absolute atomic E-state index is 0.0317. The first-order valence-corrected chi connectivity index (χ1v) is 10.1. The molecule has 0 aliphatic carbocycles. The highest BCUT2D eigenvalue weighted by Gasteiger charge is 2.35. The van der Waals surface area contributed by atoms with Crippen LogP contribution in [0.15, 0.2) is 15.9 Å². The summed E-state index contributed by atoms with van der Waals surface area (Å²) >= 11 is 0. The Morgan fingerprint density at radius 2 is 2.12 bits per heavy atom. The van der Waals surface area contributed by atoms with E-state index in [0.29, 0.717) is 13.0 Å². The Balaban J connectivity index is 2.14. The van der Waals surface area contributed by atoms with Gasteiger partial charge in [0.25, 0.3) is 5.82 Å². The summed E-state index contributed by atoms with van der Waals surface area (Å²) < 4.78 is 45.2. The highest BCUT2D eigenvalue weighted by Crippen LogP contribution is 2.20. The van der Waals surface area contributed by atoms with Crippen LogP contribution in [0.5, 0.6) is 0 Å². The Hall–Kier alpha value is -3.16. The zero-order valence-electron chi connectivity index (χ0n) is 17.9. The highest BCUT2D eigenvalue weighted by atomic mass is 19.4. The number of carbonyl (C=O) groups is 4. The molecule has 0 saturated carbocycles. The van der Waals surface area contributed by atoms with E-state index in [4.69, 9.17) is 0 Å². The SMILES string of the molecule is CC(C)CC(C=NC(=O)c1ncon1)C(=O)N[C@@H](C[C@@H]1CCNC1=O)C(=O)COC(F)(F)F. The molecule has 33 heavy (non-hydrogen) atoms. The van der Waals surface area contributed by atoms with Crippen molar-refractivity contribution >= 4 is 29.7 Å². The maximum atomic E-state index is 12.9. The topological polar surface area (TPSA) is 153 Å². The second kappa shape index (κ2) is 11.6. The minimum atomic E-state index is -5.03. The Bertz CT molecular complexity index is 872. The van der Waals surface area contributed by atoms with Gasteiger partial charge in [0.15, 0.2) is 5.78 Å². The van der Waals surface area contributed by atoms with Crippen LogP contribution in [0.25, 0.3) is 0 Å². The maximum Gasteiger partial charge on any atom is 0.522 e. The van der Waals surface area contributed by atoms with Gasteiger partial charge in [-0.05, 0) is 25.2 Å². The van der Waals surface area contributed by atoms with E-state index in [9.17, 15) is 32.3 Å². The van der Waals surface area contributed by atoms with Crippen LogP contribution < -0.4 is 10.6 Å². The van der Waals surface area contributed by atoms with Gasteiger partial charge in [-0.2, -0.15) is 4.98 Å². The normalized spacial score (nSPS) is 18.4. The molecule has 1 saturated heterocycles. The molecule has 0 spiro atoms. The molecule has 11 nitrogen and oxygen atoms in total. The van der Waals surface area contributed by atoms with Gasteiger partial charge in [-0.15, -0.1) is 13.2 Å². The fraction of sp³-hybridized carbons (Fsp3) is 0.632. The molecule has 1 fully saturated rings. The van der Waals surface area contributed by atoms with Gasteiger partial charge in [0.2, 0.25) is 18.2 Å². The molecule has 0 radical (unpaired) electrons. The Kier molecular flexibility index (Phi) is 9.20. The summed E-state index contributed by atoms with van der Waals surface area (Å²) in [6.07, 6.45) is -2.64. The number of nitrogens with one attached hydrogen (secondary N) is 2. The minimum Gasteiger partial charge on any atom is -0.356 e. The van der Waals surface area contributed by atoms with Crippen LogP contribution in [0.1, 0.15) is 43.7 Å². The van der Waals surface area contributed by atoms with E-state index >= 15 is 0 Å². The fourth-order valence-corrected chi connectivity index (χ4v) is 3.18. The summed E-state index contributed by atoms with van der Waals surface area (Å²) in [6, 6.07) is -1.40. The van der Waals surface area contributed by atoms with E-state index in [1.807, 2.05) is 0 Å². The number of alkyl halides is 3. The van der Waals surface area contributed by atoms with Crippen molar-refractivity contribution in [3.8, 4) is 0 Å². The number of hydrogen-bond acceptors (Lipinski definition) is 8. The summed E-state index contributed by atoms with van der Waals surface area (Å²) in [4.78, 5) is 56.3. The van der Waals surface area contributed by atoms with Crippen LogP contribution in [0.3, 0.4) is 0 Å². The van der Waals surface area contributed by atoms with Crippen molar-refractivity contribution in [2.24, 2.45) is 22.7 Å². The number of aliphatic imine (C=N–C) groups is 1. The third-order valence-corrected chi connectivity index (χ3v) is 4.75. The number of ketones is 1. The molecule has 182 valence electrons. The van der Waals surface area contributed by atoms with Gasteiger partial charge in [-0.1, -0.05) is 19.0 Å². The lowest BCUT2D eigenvalue weighted by atomic mass is 9.93. The zero-order valence-corrected chi connectivity index (χ0v) is 17.9. The van der Waals surface area contributed by atoms with E-state index < -0.39 is 48.4 Å². The fourth-order valence-electron chi connectivity index (χ4n) is 3.18. The van der Waals surface area contributed by atoms with Crippen LogP contribution >= 0.6 is 0 Å². The second-order valence-electron chi connectivity index (χ2n) is 7.85. The largest absolute Gasteiger partial charge is 0.522 e. The van der Waals surface area contributed by atoms with Crippen LogP contribution in [0.2, 0.25) is 0 Å². The number of Topliss-reactive ketones (excluding diaryl/α,β-unsaturated/α-hetero) is 1. The zero-order chi connectivity index (χ0) is 24.6. The van der Waals surface area contributed by atoms with E-state index in [0.717, 1.165) is 12.6 Å². The van der Waals surface area contributed by atoms with Gasteiger partial charge >= 0.3 is 12.3 Å². The lowest BCUT2D eigenvalue weighted by Gasteiger charge is -2.23. The van der Waals surface area contributed by atoms with Crippen molar-refractivity contribution in [2.75, 3.05) is 13.2 Å². The molecule has 1 aliphatic heterocycles. The standard InChI is InChI=1S/C19H24F3N5O6/c1-10(2)5-12(7-24-18(31)15-25-9-33-27-15)17(30)26-13(6-11-3-4-23-16(11)29)14(28)8-32-19(20,21)22/h7,9-13H,3-6,8H2,1-2H3,(H,23,29)(H,26,30)/t11-,12?,13-/m0/s1. The molecule has 2 heterocycles. The van der Waals surface area contributed by atoms with Gasteiger partial charge in [0.05, 0.1) is 12.0 Å². The summed E-state index contributed by atoms with van der Waals surface area (Å²) in [5.41, 5.74) is 0. The van der Waals surface area contributed by atoms with Crippen molar-refractivity contribution < 1.29 is 41.6 Å². The Morgan fingerprint density at radius 1 is 1.39 bits per heavy atom. The number of aromatic nitrogens is 2. The lowest BCUT2D eigenvalue weighted by molar-refractivity contribution is -0.321. The maximum absolute atomic E-state index is 12.9. The average Bonchev–Trinajstić information content (AvgIpc) is 3.40. The van der Waals surface area contributed by atoms with Gasteiger partial charge < -0.3 is 15.2 Å². The van der Waals surface area contributed by atoms with Crippen LogP contribution in [-0.2, 0) is 19.1 Å². The molecule has 0 aromatic carbocycles. The van der Waals surface area contributed by atoms with Gasteiger partial charge in [0, 0.05) is 18.7 Å². The molecule has 3 atom stereocenters. The van der Waals surface area contributed by atoms with Gasteiger partial charge in [-0.3, -0.25) is 23.9 Å². The van der Waals surface area contributed by atoms with Crippen molar-refractivity contribution in [1.82, 2.24) is 20.8 Å². The average molecular weight is 475 g/mol. The van der Waals surface area contributed by atoms with Crippen molar-refractivity contribution in [1.29, 1.82) is 0 Å². The molecule has 1 unspecified atom stereocenters. The third kappa shape index (κ3) is 8.71. The Morgan fingerprint density at radius 3 is 2.67 bits per heavy atom. The molecule has 1 aliphatic rings. The summed E-state index contributed by atoms with van der Waals surface area (Å²) in [5, 5.41) is 8.30. The number of halogens is 3. The Labute approximate surface area is 186 Å². The predicted molar refractivity (Wildman–Crippen MR) is 105 cm³/mol. The summed E-state index contributed by atoms with van der Waals surface area (Å²) in [5.74, 6) is -4.99. The predicted octanol–water partition coefficient (Wildman–Crippen LogP) is 1.06. The van der Waals surface area contributed by atoms with Crippen molar-refractivity contribution in [3.05, 3.63) is 12.2 Å². The van der Waals surface area contributed by atoms with E-state index in [2.05, 4.69) is 35.0 Å². The molecule has 0 bridgehead atoms. The van der Waals surface area contributed by atoms with Gasteiger partial charge in [-0.25, -0.2) is 4.99 Å².